The fourth-order valence-corrected chi connectivity index (χ4v) is 5.61. The van der Waals surface area contributed by atoms with Crippen LogP contribution in [0.15, 0.2) is 0 Å². The Morgan fingerprint density at radius 3 is 2.25 bits per heavy atom. The average molecular weight is 276 g/mol. The zero-order valence-corrected chi connectivity index (χ0v) is 13.0. The summed E-state index contributed by atoms with van der Waals surface area (Å²) in [6, 6.07) is 1.93. The number of piperidine rings is 1. The van der Waals surface area contributed by atoms with Gasteiger partial charge in [0.05, 0.1) is 0 Å². The van der Waals surface area contributed by atoms with Crippen molar-refractivity contribution in [2.45, 2.75) is 76.3 Å². The molecule has 2 heteroatoms. The van der Waals surface area contributed by atoms with Crippen LogP contribution in [-0.4, -0.2) is 36.6 Å². The minimum Gasteiger partial charge on any atom is -0.316 e. The molecule has 4 aliphatic rings. The second kappa shape index (κ2) is 5.96. The van der Waals surface area contributed by atoms with Crippen LogP contribution in [0.5, 0.6) is 0 Å². The number of nitrogens with one attached hydrogen (secondary N) is 1. The maximum atomic E-state index is 3.50. The molecule has 1 N–H and O–H groups in total. The summed E-state index contributed by atoms with van der Waals surface area (Å²) in [7, 11) is 0. The molecule has 0 aromatic heterocycles. The third-order valence-electron chi connectivity index (χ3n) is 6.88. The van der Waals surface area contributed by atoms with E-state index < -0.39 is 0 Å². The Bertz CT molecular complexity index is 317. The first kappa shape index (κ1) is 13.6. The van der Waals surface area contributed by atoms with Crippen molar-refractivity contribution >= 4 is 0 Å². The highest BCUT2D eigenvalue weighted by Crippen LogP contribution is 2.44. The Morgan fingerprint density at radius 1 is 0.800 bits per heavy atom. The van der Waals surface area contributed by atoms with Crippen LogP contribution in [0, 0.1) is 17.8 Å². The zero-order valence-electron chi connectivity index (χ0n) is 13.0. The predicted molar refractivity (Wildman–Crippen MR) is 83.8 cm³/mol. The largest absolute Gasteiger partial charge is 0.316 e. The van der Waals surface area contributed by atoms with E-state index >= 15 is 0 Å². The Morgan fingerprint density at radius 2 is 1.55 bits per heavy atom. The minimum atomic E-state index is 0.962. The van der Waals surface area contributed by atoms with E-state index in [1.807, 2.05) is 0 Å². The van der Waals surface area contributed by atoms with Gasteiger partial charge in [0.15, 0.2) is 0 Å². The molecular formula is C18H32N2. The van der Waals surface area contributed by atoms with Crippen LogP contribution >= 0.6 is 0 Å². The lowest BCUT2D eigenvalue weighted by Crippen LogP contribution is -2.55. The number of fused-ring (bicyclic) bond motifs is 2. The van der Waals surface area contributed by atoms with Crippen molar-refractivity contribution in [3.63, 3.8) is 0 Å². The molecule has 3 aliphatic heterocycles. The lowest BCUT2D eigenvalue weighted by molar-refractivity contribution is 0.0314. The van der Waals surface area contributed by atoms with Gasteiger partial charge in [-0.05, 0) is 69.4 Å². The van der Waals surface area contributed by atoms with E-state index in [2.05, 4.69) is 10.2 Å². The van der Waals surface area contributed by atoms with Gasteiger partial charge in [-0.2, -0.15) is 0 Å². The summed E-state index contributed by atoms with van der Waals surface area (Å²) in [5.41, 5.74) is 0. The number of nitrogens with zero attached hydrogens (tertiary/aromatic N) is 1. The van der Waals surface area contributed by atoms with Gasteiger partial charge in [-0.15, -0.1) is 0 Å². The topological polar surface area (TPSA) is 15.3 Å². The molecule has 0 radical (unpaired) electrons. The third-order valence-corrected chi connectivity index (χ3v) is 6.88. The van der Waals surface area contributed by atoms with Crippen molar-refractivity contribution in [3.05, 3.63) is 0 Å². The van der Waals surface area contributed by atoms with Gasteiger partial charge in [0.2, 0.25) is 0 Å². The zero-order chi connectivity index (χ0) is 13.4. The van der Waals surface area contributed by atoms with Crippen LogP contribution in [0.25, 0.3) is 0 Å². The molecule has 4 rings (SSSR count). The smallest absolute Gasteiger partial charge is 0.0131 e. The van der Waals surface area contributed by atoms with E-state index in [1.54, 1.807) is 0 Å². The summed E-state index contributed by atoms with van der Waals surface area (Å²) in [6.07, 6.45) is 15.1. The summed E-state index contributed by atoms with van der Waals surface area (Å²) in [4.78, 5) is 3.00. The number of hydrogen-bond donors (Lipinski definition) is 1. The van der Waals surface area contributed by atoms with Gasteiger partial charge in [-0.25, -0.2) is 0 Å². The molecule has 4 fully saturated rings. The monoisotopic (exact) mass is 276 g/mol. The predicted octanol–water partition coefficient (Wildman–Crippen LogP) is 3.42. The summed E-state index contributed by atoms with van der Waals surface area (Å²) >= 11 is 0. The van der Waals surface area contributed by atoms with E-state index in [4.69, 9.17) is 0 Å². The molecule has 3 atom stereocenters. The first-order chi connectivity index (χ1) is 9.92. The molecule has 3 unspecified atom stereocenters. The van der Waals surface area contributed by atoms with Gasteiger partial charge in [-0.3, -0.25) is 4.90 Å². The van der Waals surface area contributed by atoms with E-state index in [-0.39, 0.29) is 0 Å². The van der Waals surface area contributed by atoms with Gasteiger partial charge in [0, 0.05) is 18.6 Å². The molecule has 1 aliphatic carbocycles. The Hall–Kier alpha value is -0.0800. The van der Waals surface area contributed by atoms with Crippen molar-refractivity contribution in [1.82, 2.24) is 10.2 Å². The molecule has 114 valence electrons. The van der Waals surface area contributed by atoms with Crippen LogP contribution in [0.3, 0.4) is 0 Å². The second-order valence-corrected chi connectivity index (χ2v) is 8.01. The molecule has 0 aromatic rings. The van der Waals surface area contributed by atoms with Crippen molar-refractivity contribution in [2.24, 2.45) is 17.8 Å². The molecule has 0 amide bonds. The second-order valence-electron chi connectivity index (χ2n) is 8.01. The summed E-state index contributed by atoms with van der Waals surface area (Å²) in [5.74, 6) is 3.07. The van der Waals surface area contributed by atoms with Crippen molar-refractivity contribution in [2.75, 3.05) is 19.6 Å². The molecular weight excluding hydrogens is 244 g/mol. The fraction of sp³-hybridized carbons (Fsp3) is 1.00. The molecule has 0 aromatic carbocycles. The van der Waals surface area contributed by atoms with Gasteiger partial charge in [0.1, 0.15) is 0 Å². The van der Waals surface area contributed by atoms with E-state index in [1.165, 1.54) is 83.8 Å². The Kier molecular flexibility index (Phi) is 4.05. The lowest BCUT2D eigenvalue weighted by Gasteiger charge is -2.47. The number of hydrogen-bond acceptors (Lipinski definition) is 2. The SMILES string of the molecule is C1CCCC(CN2C3CCC(C4CNC4)C2CC3)CC1. The third kappa shape index (κ3) is 2.54. The van der Waals surface area contributed by atoms with E-state index in [0.717, 1.165) is 29.8 Å². The lowest BCUT2D eigenvalue weighted by atomic mass is 9.77. The molecule has 2 nitrogen and oxygen atoms in total. The molecule has 0 spiro atoms. The van der Waals surface area contributed by atoms with Crippen molar-refractivity contribution in [1.29, 1.82) is 0 Å². The van der Waals surface area contributed by atoms with Crippen LogP contribution in [0.2, 0.25) is 0 Å². The van der Waals surface area contributed by atoms with Gasteiger partial charge < -0.3 is 5.32 Å². The summed E-state index contributed by atoms with van der Waals surface area (Å²) in [6.45, 7) is 4.07. The Labute approximate surface area is 124 Å². The fourth-order valence-electron chi connectivity index (χ4n) is 5.61. The summed E-state index contributed by atoms with van der Waals surface area (Å²) in [5, 5.41) is 3.50. The van der Waals surface area contributed by atoms with E-state index in [9.17, 15) is 0 Å². The highest BCUT2D eigenvalue weighted by molar-refractivity contribution is 5.01. The van der Waals surface area contributed by atoms with Crippen molar-refractivity contribution < 1.29 is 0 Å². The quantitative estimate of drug-likeness (QED) is 0.795. The van der Waals surface area contributed by atoms with Crippen LogP contribution in [0.1, 0.15) is 64.2 Å². The molecule has 3 saturated heterocycles. The highest BCUT2D eigenvalue weighted by atomic mass is 15.2. The first-order valence-corrected chi connectivity index (χ1v) is 9.38. The minimum absolute atomic E-state index is 0.962. The van der Waals surface area contributed by atoms with Gasteiger partial charge >= 0.3 is 0 Å². The maximum Gasteiger partial charge on any atom is 0.0131 e. The highest BCUT2D eigenvalue weighted by Gasteiger charge is 2.46. The summed E-state index contributed by atoms with van der Waals surface area (Å²) < 4.78 is 0. The molecule has 2 bridgehead atoms. The average Bonchev–Trinajstić information content (AvgIpc) is 2.58. The first-order valence-electron chi connectivity index (χ1n) is 9.38. The van der Waals surface area contributed by atoms with Gasteiger partial charge in [-0.1, -0.05) is 25.7 Å². The standard InChI is InChI=1S/C18H32N2/c1-2-4-6-14(5-3-1)13-20-16-7-9-17(15-11-19-12-15)18(20)10-8-16/h14-19H,1-13H2. The Balaban J connectivity index is 1.41. The van der Waals surface area contributed by atoms with Crippen LogP contribution in [0.4, 0.5) is 0 Å². The van der Waals surface area contributed by atoms with E-state index in [0.29, 0.717) is 0 Å². The molecule has 3 heterocycles. The van der Waals surface area contributed by atoms with Gasteiger partial charge in [0.25, 0.3) is 0 Å². The van der Waals surface area contributed by atoms with Crippen molar-refractivity contribution in [3.8, 4) is 0 Å². The molecule has 20 heavy (non-hydrogen) atoms. The van der Waals surface area contributed by atoms with Crippen LogP contribution in [-0.2, 0) is 0 Å². The number of rotatable bonds is 3. The molecule has 1 saturated carbocycles. The maximum absolute atomic E-state index is 3.50. The van der Waals surface area contributed by atoms with Crippen LogP contribution < -0.4 is 5.32 Å². The normalized spacial score (nSPS) is 40.5.